The van der Waals surface area contributed by atoms with Gasteiger partial charge in [0.05, 0.1) is 0 Å². The van der Waals surface area contributed by atoms with Gasteiger partial charge in [-0.25, -0.2) is 0 Å². The molecule has 0 aliphatic carbocycles. The van der Waals surface area contributed by atoms with Crippen molar-refractivity contribution >= 4 is 5.96 Å². The Labute approximate surface area is 112 Å². The van der Waals surface area contributed by atoms with Gasteiger partial charge >= 0.3 is 0 Å². The van der Waals surface area contributed by atoms with Crippen LogP contribution in [0.3, 0.4) is 0 Å². The summed E-state index contributed by atoms with van der Waals surface area (Å²) in [5.74, 6) is 0.951. The molecule has 4 nitrogen and oxygen atoms in total. The Kier molecular flexibility index (Phi) is 7.81. The Morgan fingerprint density at radius 3 is 2.72 bits per heavy atom. The van der Waals surface area contributed by atoms with Crippen molar-refractivity contribution in [1.29, 1.82) is 0 Å². The molecule has 18 heavy (non-hydrogen) atoms. The van der Waals surface area contributed by atoms with Crippen LogP contribution in [-0.4, -0.2) is 50.6 Å². The Bertz CT molecular complexity index is 240. The summed E-state index contributed by atoms with van der Waals surface area (Å²) < 4.78 is 0. The van der Waals surface area contributed by atoms with Gasteiger partial charge < -0.3 is 15.5 Å². The summed E-state index contributed by atoms with van der Waals surface area (Å²) in [7, 11) is 4.06. The molecule has 1 saturated heterocycles. The van der Waals surface area contributed by atoms with Crippen LogP contribution in [-0.2, 0) is 0 Å². The van der Waals surface area contributed by atoms with Crippen molar-refractivity contribution in [1.82, 2.24) is 15.5 Å². The van der Waals surface area contributed by atoms with E-state index in [0.29, 0.717) is 6.04 Å². The average molecular weight is 254 g/mol. The highest BCUT2D eigenvalue weighted by Crippen LogP contribution is 2.13. The summed E-state index contributed by atoms with van der Waals surface area (Å²) in [5.41, 5.74) is 0. The second-order valence-corrected chi connectivity index (χ2v) is 5.22. The molecule has 0 aromatic heterocycles. The maximum absolute atomic E-state index is 4.27. The van der Waals surface area contributed by atoms with Crippen LogP contribution < -0.4 is 10.6 Å². The van der Waals surface area contributed by atoms with E-state index in [1.54, 1.807) is 0 Å². The summed E-state index contributed by atoms with van der Waals surface area (Å²) >= 11 is 0. The first kappa shape index (κ1) is 15.3. The SMILES string of the molecule is CCCCCCNC(=NC)NCC1CCCN1C. The van der Waals surface area contributed by atoms with Gasteiger partial charge in [0.25, 0.3) is 0 Å². The normalized spacial score (nSPS) is 21.3. The van der Waals surface area contributed by atoms with Crippen LogP contribution >= 0.6 is 0 Å². The zero-order valence-electron chi connectivity index (χ0n) is 12.3. The summed E-state index contributed by atoms with van der Waals surface area (Å²) in [6.45, 7) is 5.51. The van der Waals surface area contributed by atoms with Crippen LogP contribution in [0.2, 0.25) is 0 Å². The second-order valence-electron chi connectivity index (χ2n) is 5.22. The standard InChI is InChI=1S/C14H30N4/c1-4-5-6-7-10-16-14(15-2)17-12-13-9-8-11-18(13)3/h13H,4-12H2,1-3H3,(H2,15,16,17). The molecule has 1 heterocycles. The van der Waals surface area contributed by atoms with Crippen LogP contribution in [0.25, 0.3) is 0 Å². The van der Waals surface area contributed by atoms with E-state index in [4.69, 9.17) is 0 Å². The third kappa shape index (κ3) is 5.71. The summed E-state index contributed by atoms with van der Waals surface area (Å²) in [4.78, 5) is 6.70. The van der Waals surface area contributed by atoms with E-state index in [2.05, 4.69) is 34.5 Å². The molecular formula is C14H30N4. The van der Waals surface area contributed by atoms with Gasteiger partial charge in [0.15, 0.2) is 5.96 Å². The highest BCUT2D eigenvalue weighted by molar-refractivity contribution is 5.79. The number of guanidine groups is 1. The largest absolute Gasteiger partial charge is 0.356 e. The molecule has 0 bridgehead atoms. The fraction of sp³-hybridized carbons (Fsp3) is 0.929. The van der Waals surface area contributed by atoms with Gasteiger partial charge in [-0.05, 0) is 32.9 Å². The minimum absolute atomic E-state index is 0.670. The molecule has 1 atom stereocenters. The Hall–Kier alpha value is -0.770. The molecule has 0 aromatic rings. The molecule has 1 aliphatic rings. The minimum Gasteiger partial charge on any atom is -0.356 e. The summed E-state index contributed by atoms with van der Waals surface area (Å²) in [5, 5.41) is 6.82. The van der Waals surface area contributed by atoms with E-state index in [1.807, 2.05) is 7.05 Å². The number of nitrogens with one attached hydrogen (secondary N) is 2. The number of rotatable bonds is 7. The van der Waals surface area contributed by atoms with Crippen molar-refractivity contribution in [3.63, 3.8) is 0 Å². The molecule has 1 fully saturated rings. The second kappa shape index (κ2) is 9.20. The molecule has 1 rings (SSSR count). The lowest BCUT2D eigenvalue weighted by Crippen LogP contribution is -2.44. The van der Waals surface area contributed by atoms with E-state index < -0.39 is 0 Å². The molecule has 0 aromatic carbocycles. The third-order valence-electron chi connectivity index (χ3n) is 3.72. The number of hydrogen-bond acceptors (Lipinski definition) is 2. The maximum atomic E-state index is 4.27. The maximum Gasteiger partial charge on any atom is 0.191 e. The van der Waals surface area contributed by atoms with E-state index in [1.165, 1.54) is 45.1 Å². The Morgan fingerprint density at radius 1 is 1.28 bits per heavy atom. The zero-order valence-corrected chi connectivity index (χ0v) is 12.3. The number of aliphatic imine (C=N–C) groups is 1. The lowest BCUT2D eigenvalue weighted by atomic mass is 10.2. The van der Waals surface area contributed by atoms with Gasteiger partial charge in [0.1, 0.15) is 0 Å². The number of nitrogens with zero attached hydrogens (tertiary/aromatic N) is 2. The molecule has 4 heteroatoms. The van der Waals surface area contributed by atoms with E-state index >= 15 is 0 Å². The van der Waals surface area contributed by atoms with Crippen LogP contribution in [0.1, 0.15) is 45.4 Å². The van der Waals surface area contributed by atoms with Crippen molar-refractivity contribution in [3.8, 4) is 0 Å². The van der Waals surface area contributed by atoms with Gasteiger partial charge in [-0.3, -0.25) is 4.99 Å². The lowest BCUT2D eigenvalue weighted by Gasteiger charge is -2.21. The van der Waals surface area contributed by atoms with Gasteiger partial charge in [-0.1, -0.05) is 26.2 Å². The van der Waals surface area contributed by atoms with Crippen LogP contribution in [0.5, 0.6) is 0 Å². The number of unbranched alkanes of at least 4 members (excludes halogenated alkanes) is 3. The number of likely N-dealkylation sites (N-methyl/N-ethyl adjacent to an activating group) is 1. The van der Waals surface area contributed by atoms with Crippen molar-refractivity contribution in [2.75, 3.05) is 33.7 Å². The summed E-state index contributed by atoms with van der Waals surface area (Å²) in [6, 6.07) is 0.670. The van der Waals surface area contributed by atoms with Crippen molar-refractivity contribution in [2.45, 2.75) is 51.5 Å². The first-order chi connectivity index (χ1) is 8.77. The van der Waals surface area contributed by atoms with Crippen molar-refractivity contribution < 1.29 is 0 Å². The highest BCUT2D eigenvalue weighted by atomic mass is 15.2. The molecular weight excluding hydrogens is 224 g/mol. The van der Waals surface area contributed by atoms with Crippen LogP contribution in [0.15, 0.2) is 4.99 Å². The van der Waals surface area contributed by atoms with Gasteiger partial charge in [0, 0.05) is 26.2 Å². The predicted octanol–water partition coefficient (Wildman–Crippen LogP) is 1.83. The van der Waals surface area contributed by atoms with Crippen LogP contribution in [0, 0.1) is 0 Å². The smallest absolute Gasteiger partial charge is 0.191 e. The topological polar surface area (TPSA) is 39.7 Å². The quantitative estimate of drug-likeness (QED) is 0.414. The van der Waals surface area contributed by atoms with Crippen molar-refractivity contribution in [3.05, 3.63) is 0 Å². The van der Waals surface area contributed by atoms with E-state index in [-0.39, 0.29) is 0 Å². The average Bonchev–Trinajstić information content (AvgIpc) is 2.78. The van der Waals surface area contributed by atoms with E-state index in [0.717, 1.165) is 19.0 Å². The van der Waals surface area contributed by atoms with Gasteiger partial charge in [-0.2, -0.15) is 0 Å². The third-order valence-corrected chi connectivity index (χ3v) is 3.72. The van der Waals surface area contributed by atoms with Gasteiger partial charge in [-0.15, -0.1) is 0 Å². The first-order valence-electron chi connectivity index (χ1n) is 7.42. The monoisotopic (exact) mass is 254 g/mol. The molecule has 2 N–H and O–H groups in total. The van der Waals surface area contributed by atoms with Crippen LogP contribution in [0.4, 0.5) is 0 Å². The molecule has 106 valence electrons. The minimum atomic E-state index is 0.670. The fourth-order valence-corrected chi connectivity index (χ4v) is 2.43. The molecule has 0 spiro atoms. The predicted molar refractivity (Wildman–Crippen MR) is 79.2 cm³/mol. The summed E-state index contributed by atoms with van der Waals surface area (Å²) in [6.07, 6.45) is 7.80. The Balaban J connectivity index is 2.10. The number of likely N-dealkylation sites (tertiary alicyclic amines) is 1. The lowest BCUT2D eigenvalue weighted by molar-refractivity contribution is 0.309. The molecule has 1 aliphatic heterocycles. The molecule has 0 radical (unpaired) electrons. The van der Waals surface area contributed by atoms with Crippen molar-refractivity contribution in [2.24, 2.45) is 4.99 Å². The number of hydrogen-bond donors (Lipinski definition) is 2. The molecule has 1 unspecified atom stereocenters. The molecule has 0 amide bonds. The zero-order chi connectivity index (χ0) is 13.2. The molecule has 0 saturated carbocycles. The van der Waals surface area contributed by atoms with Gasteiger partial charge in [0.2, 0.25) is 0 Å². The van der Waals surface area contributed by atoms with E-state index in [9.17, 15) is 0 Å². The fourth-order valence-electron chi connectivity index (χ4n) is 2.43. The first-order valence-corrected chi connectivity index (χ1v) is 7.42. The Morgan fingerprint density at radius 2 is 2.11 bits per heavy atom. The highest BCUT2D eigenvalue weighted by Gasteiger charge is 2.20.